The number of oxazole rings is 1. The van der Waals surface area contributed by atoms with Gasteiger partial charge in [0.15, 0.2) is 11.6 Å². The van der Waals surface area contributed by atoms with Gasteiger partial charge in [-0.15, -0.1) is 0 Å². The third kappa shape index (κ3) is 2.57. The minimum atomic E-state index is -0.114. The molecule has 2 fully saturated rings. The van der Waals surface area contributed by atoms with Crippen LogP contribution in [0.25, 0.3) is 0 Å². The molecule has 8 heteroatoms. The second-order valence-electron chi connectivity index (χ2n) is 6.27. The predicted molar refractivity (Wildman–Crippen MR) is 84.6 cm³/mol. The number of hydrogen-bond acceptors (Lipinski definition) is 5. The van der Waals surface area contributed by atoms with Gasteiger partial charge in [-0.25, -0.2) is 4.98 Å². The molecule has 2 amide bonds. The summed E-state index contributed by atoms with van der Waals surface area (Å²) >= 11 is 0. The summed E-state index contributed by atoms with van der Waals surface area (Å²) in [6.45, 7) is 3.72. The molecular weight excluding hydrogens is 310 g/mol. The van der Waals surface area contributed by atoms with Gasteiger partial charge in [-0.05, 0) is 12.8 Å². The first-order valence-corrected chi connectivity index (χ1v) is 8.18. The number of aromatic nitrogens is 3. The Morgan fingerprint density at radius 1 is 1.38 bits per heavy atom. The van der Waals surface area contributed by atoms with Crippen LogP contribution in [0, 0.1) is 6.92 Å². The fourth-order valence-electron chi connectivity index (χ4n) is 3.35. The molecule has 126 valence electrons. The average Bonchev–Trinajstić information content (AvgIpc) is 3.33. The molecule has 1 atom stereocenters. The number of hydrogen-bond donors (Lipinski definition) is 0. The zero-order valence-corrected chi connectivity index (χ0v) is 13.5. The van der Waals surface area contributed by atoms with Crippen molar-refractivity contribution < 1.29 is 14.0 Å². The molecular formula is C16H19N5O3. The van der Waals surface area contributed by atoms with E-state index in [-0.39, 0.29) is 17.9 Å². The molecule has 4 heterocycles. The van der Waals surface area contributed by atoms with Crippen molar-refractivity contribution in [2.45, 2.75) is 32.2 Å². The Bertz CT molecular complexity index is 780. The lowest BCUT2D eigenvalue weighted by Crippen LogP contribution is -2.29. The van der Waals surface area contributed by atoms with Crippen LogP contribution in [0.3, 0.4) is 0 Å². The highest BCUT2D eigenvalue weighted by molar-refractivity contribution is 5.95. The number of carbonyl (C=O) groups is 2. The van der Waals surface area contributed by atoms with E-state index in [9.17, 15) is 9.59 Å². The smallest absolute Gasteiger partial charge is 0.275 e. The Morgan fingerprint density at radius 3 is 2.96 bits per heavy atom. The summed E-state index contributed by atoms with van der Waals surface area (Å²) in [7, 11) is 0. The van der Waals surface area contributed by atoms with Crippen LogP contribution in [-0.2, 0) is 4.79 Å². The molecule has 0 bridgehead atoms. The second kappa shape index (κ2) is 5.77. The monoisotopic (exact) mass is 329 g/mol. The largest absolute Gasteiger partial charge is 0.448 e. The molecule has 2 saturated heterocycles. The van der Waals surface area contributed by atoms with Crippen LogP contribution >= 0.6 is 0 Å². The number of rotatable bonds is 3. The van der Waals surface area contributed by atoms with E-state index in [1.165, 1.54) is 6.26 Å². The molecule has 2 aromatic rings. The molecule has 0 spiro atoms. The maximum Gasteiger partial charge on any atom is 0.275 e. The summed E-state index contributed by atoms with van der Waals surface area (Å²) in [6.07, 6.45) is 7.37. The van der Waals surface area contributed by atoms with Gasteiger partial charge >= 0.3 is 0 Å². The summed E-state index contributed by atoms with van der Waals surface area (Å²) in [5, 5.41) is 4.40. The van der Waals surface area contributed by atoms with E-state index < -0.39 is 0 Å². The molecule has 2 aliphatic heterocycles. The number of anilines is 1. The van der Waals surface area contributed by atoms with Crippen molar-refractivity contribution in [2.75, 3.05) is 24.5 Å². The fourth-order valence-corrected chi connectivity index (χ4v) is 3.35. The summed E-state index contributed by atoms with van der Waals surface area (Å²) in [5.74, 6) is 0.525. The first-order chi connectivity index (χ1) is 11.6. The van der Waals surface area contributed by atoms with Gasteiger partial charge in [0.1, 0.15) is 6.26 Å². The van der Waals surface area contributed by atoms with Gasteiger partial charge < -0.3 is 14.2 Å². The van der Waals surface area contributed by atoms with Gasteiger partial charge in [-0.1, -0.05) is 0 Å². The van der Waals surface area contributed by atoms with Gasteiger partial charge in [0.2, 0.25) is 5.91 Å². The number of amides is 2. The highest BCUT2D eigenvalue weighted by atomic mass is 16.3. The normalized spacial score (nSPS) is 21.0. The van der Waals surface area contributed by atoms with Gasteiger partial charge in [-0.3, -0.25) is 14.3 Å². The summed E-state index contributed by atoms with van der Waals surface area (Å²) in [5.41, 5.74) is 1.19. The minimum Gasteiger partial charge on any atom is -0.448 e. The number of likely N-dealkylation sites (tertiary alicyclic amines) is 1. The number of aryl methyl sites for hydroxylation is 1. The Hall–Kier alpha value is -2.64. The Labute approximate surface area is 139 Å². The van der Waals surface area contributed by atoms with Crippen LogP contribution in [0.2, 0.25) is 0 Å². The number of nitrogens with zero attached hydrogens (tertiary/aromatic N) is 5. The van der Waals surface area contributed by atoms with E-state index in [0.29, 0.717) is 31.1 Å². The van der Waals surface area contributed by atoms with Crippen LogP contribution in [-0.4, -0.2) is 51.1 Å². The molecule has 0 saturated carbocycles. The van der Waals surface area contributed by atoms with Crippen LogP contribution in [0.5, 0.6) is 0 Å². The Kier molecular flexibility index (Phi) is 3.59. The quantitative estimate of drug-likeness (QED) is 0.849. The standard InChI is InChI=1S/C16H19N5O3/c1-11-18-14(10-24-11)16(23)19-6-4-12(8-19)21-9-13(7-17-21)20-5-2-3-15(20)22/h7,9-10,12H,2-6,8H2,1H3. The SMILES string of the molecule is Cc1nc(C(=O)N2CCC(n3cc(N4CCCC4=O)cn3)C2)co1. The van der Waals surface area contributed by atoms with Crippen molar-refractivity contribution in [1.29, 1.82) is 0 Å². The maximum absolute atomic E-state index is 12.4. The highest BCUT2D eigenvalue weighted by Gasteiger charge is 2.31. The molecule has 4 rings (SSSR count). The molecule has 2 aromatic heterocycles. The van der Waals surface area contributed by atoms with E-state index in [2.05, 4.69) is 10.1 Å². The molecule has 0 aliphatic carbocycles. The first-order valence-electron chi connectivity index (χ1n) is 8.18. The second-order valence-corrected chi connectivity index (χ2v) is 6.27. The lowest BCUT2D eigenvalue weighted by atomic mass is 10.3. The summed E-state index contributed by atoms with van der Waals surface area (Å²) in [4.78, 5) is 31.9. The van der Waals surface area contributed by atoms with Crippen molar-refractivity contribution >= 4 is 17.5 Å². The molecule has 24 heavy (non-hydrogen) atoms. The zero-order valence-electron chi connectivity index (χ0n) is 13.5. The first kappa shape index (κ1) is 14.9. The zero-order chi connectivity index (χ0) is 16.7. The maximum atomic E-state index is 12.4. The highest BCUT2D eigenvalue weighted by Crippen LogP contribution is 2.26. The Balaban J connectivity index is 1.44. The van der Waals surface area contributed by atoms with Crippen molar-refractivity contribution in [3.05, 3.63) is 30.2 Å². The average molecular weight is 329 g/mol. The predicted octanol–water partition coefficient (Wildman–Crippen LogP) is 1.39. The molecule has 0 aromatic carbocycles. The van der Waals surface area contributed by atoms with Crippen LogP contribution in [0.1, 0.15) is 41.7 Å². The van der Waals surface area contributed by atoms with Crippen LogP contribution < -0.4 is 4.90 Å². The van der Waals surface area contributed by atoms with Gasteiger partial charge in [-0.2, -0.15) is 5.10 Å². The topological polar surface area (TPSA) is 84.5 Å². The van der Waals surface area contributed by atoms with E-state index in [4.69, 9.17) is 4.42 Å². The molecule has 0 radical (unpaired) electrons. The fraction of sp³-hybridized carbons (Fsp3) is 0.500. The number of carbonyl (C=O) groups excluding carboxylic acids is 2. The van der Waals surface area contributed by atoms with Crippen molar-refractivity contribution in [2.24, 2.45) is 0 Å². The third-order valence-electron chi connectivity index (χ3n) is 4.64. The van der Waals surface area contributed by atoms with E-state index in [1.807, 2.05) is 10.9 Å². The van der Waals surface area contributed by atoms with Crippen molar-refractivity contribution in [3.63, 3.8) is 0 Å². The molecule has 2 aliphatic rings. The van der Waals surface area contributed by atoms with Gasteiger partial charge in [0.25, 0.3) is 5.91 Å². The van der Waals surface area contributed by atoms with E-state index in [1.54, 1.807) is 22.9 Å². The molecule has 0 N–H and O–H groups in total. The van der Waals surface area contributed by atoms with Crippen molar-refractivity contribution in [1.82, 2.24) is 19.7 Å². The summed E-state index contributed by atoms with van der Waals surface area (Å²) in [6, 6.07) is 0.119. The van der Waals surface area contributed by atoms with Crippen molar-refractivity contribution in [3.8, 4) is 0 Å². The van der Waals surface area contributed by atoms with Crippen LogP contribution in [0.4, 0.5) is 5.69 Å². The minimum absolute atomic E-state index is 0.114. The molecule has 8 nitrogen and oxygen atoms in total. The van der Waals surface area contributed by atoms with E-state index >= 15 is 0 Å². The lowest BCUT2D eigenvalue weighted by molar-refractivity contribution is -0.117. The Morgan fingerprint density at radius 2 is 2.25 bits per heavy atom. The third-order valence-corrected chi connectivity index (χ3v) is 4.64. The lowest BCUT2D eigenvalue weighted by Gasteiger charge is -2.15. The van der Waals surface area contributed by atoms with Crippen LogP contribution in [0.15, 0.2) is 23.1 Å². The summed E-state index contributed by atoms with van der Waals surface area (Å²) < 4.78 is 6.98. The van der Waals surface area contributed by atoms with Gasteiger partial charge in [0.05, 0.1) is 17.9 Å². The molecule has 1 unspecified atom stereocenters. The van der Waals surface area contributed by atoms with Gasteiger partial charge in [0, 0.05) is 39.2 Å². The van der Waals surface area contributed by atoms with E-state index in [0.717, 1.165) is 25.1 Å².